The van der Waals surface area contributed by atoms with E-state index in [1.807, 2.05) is 0 Å². The molecule has 0 aromatic heterocycles. The van der Waals surface area contributed by atoms with Crippen molar-refractivity contribution in [3.63, 3.8) is 0 Å². The maximum Gasteiger partial charge on any atom is 0.161 e. The third kappa shape index (κ3) is 1.90. The summed E-state index contributed by atoms with van der Waals surface area (Å²) in [5, 5.41) is 0.582. The van der Waals surface area contributed by atoms with Gasteiger partial charge in [0, 0.05) is 14.8 Å². The third-order valence-corrected chi connectivity index (χ3v) is 3.00. The molecule has 0 aliphatic heterocycles. The molecule has 0 heterocycles. The molecule has 0 saturated carbocycles. The zero-order valence-corrected chi connectivity index (χ0v) is 9.31. The van der Waals surface area contributed by atoms with Crippen LogP contribution in [0.25, 0.3) is 0 Å². The molecule has 0 fully saturated rings. The van der Waals surface area contributed by atoms with Crippen molar-refractivity contribution in [1.29, 1.82) is 0 Å². The molecule has 0 spiro atoms. The summed E-state index contributed by atoms with van der Waals surface area (Å²) in [6.45, 7) is 1.48. The van der Waals surface area contributed by atoms with Gasteiger partial charge in [0.15, 0.2) is 5.78 Å². The molecule has 0 bridgehead atoms. The van der Waals surface area contributed by atoms with Crippen molar-refractivity contribution in [3.05, 3.63) is 26.3 Å². The van der Waals surface area contributed by atoms with Gasteiger partial charge in [0.2, 0.25) is 0 Å². The molecule has 4 heteroatoms. The second-order valence-electron chi connectivity index (χ2n) is 2.41. The minimum atomic E-state index is -0.0397. The molecule has 1 aromatic rings. The van der Waals surface area contributed by atoms with Gasteiger partial charge in [-0.2, -0.15) is 0 Å². The van der Waals surface area contributed by atoms with Gasteiger partial charge in [-0.25, -0.2) is 0 Å². The first kappa shape index (κ1) is 9.80. The Kier molecular flexibility index (Phi) is 2.95. The number of Topliss-reactive ketones (excluding diaryl/α,β-unsaturated/α-hetero) is 1. The summed E-state index contributed by atoms with van der Waals surface area (Å²) in [5.74, 6) is -0.0397. The van der Waals surface area contributed by atoms with Crippen molar-refractivity contribution in [2.45, 2.75) is 6.92 Å². The number of halogens is 2. The van der Waals surface area contributed by atoms with E-state index in [1.54, 1.807) is 12.1 Å². The van der Waals surface area contributed by atoms with Crippen LogP contribution in [0.3, 0.4) is 0 Å². The van der Waals surface area contributed by atoms with Crippen LogP contribution >= 0.6 is 34.2 Å². The molecule has 64 valence electrons. The molecule has 0 radical (unpaired) electrons. The zero-order chi connectivity index (χ0) is 9.30. The zero-order valence-electron chi connectivity index (χ0n) is 6.40. The van der Waals surface area contributed by atoms with E-state index >= 15 is 0 Å². The molecule has 1 rings (SSSR count). The quantitative estimate of drug-likeness (QED) is 0.492. The van der Waals surface area contributed by atoms with Crippen LogP contribution in [-0.2, 0) is 0 Å². The Bertz CT molecular complexity index is 338. The first-order valence-corrected chi connectivity index (χ1v) is 4.73. The fourth-order valence-electron chi connectivity index (χ4n) is 0.867. The standard InChI is InChI=1S/C8H7ClINO/c1-4(12)5-2-7(10)6(9)3-8(5)11/h2-3H,11H2,1H3. The Labute approximate surface area is 89.2 Å². The van der Waals surface area contributed by atoms with E-state index in [9.17, 15) is 4.79 Å². The highest BCUT2D eigenvalue weighted by Crippen LogP contribution is 2.24. The summed E-state index contributed by atoms with van der Waals surface area (Å²) in [4.78, 5) is 11.0. The van der Waals surface area contributed by atoms with E-state index in [0.717, 1.165) is 3.57 Å². The summed E-state index contributed by atoms with van der Waals surface area (Å²) >= 11 is 7.85. The lowest BCUT2D eigenvalue weighted by Gasteiger charge is -2.03. The number of carbonyl (C=O) groups is 1. The summed E-state index contributed by atoms with van der Waals surface area (Å²) in [6.07, 6.45) is 0. The molecular formula is C8H7ClINO. The topological polar surface area (TPSA) is 43.1 Å². The molecule has 0 amide bonds. The third-order valence-electron chi connectivity index (χ3n) is 1.47. The van der Waals surface area contributed by atoms with Gasteiger partial charge in [0.25, 0.3) is 0 Å². The van der Waals surface area contributed by atoms with Crippen LogP contribution in [0.15, 0.2) is 12.1 Å². The predicted octanol–water partition coefficient (Wildman–Crippen LogP) is 2.73. The van der Waals surface area contributed by atoms with Gasteiger partial charge < -0.3 is 5.73 Å². The first-order chi connectivity index (χ1) is 5.52. The minimum Gasteiger partial charge on any atom is -0.398 e. The number of carbonyl (C=O) groups excluding carboxylic acids is 1. The van der Waals surface area contributed by atoms with Crippen LogP contribution in [-0.4, -0.2) is 5.78 Å². The SMILES string of the molecule is CC(=O)c1cc(I)c(Cl)cc1N. The van der Waals surface area contributed by atoms with E-state index in [4.69, 9.17) is 17.3 Å². The van der Waals surface area contributed by atoms with Crippen molar-refractivity contribution in [2.75, 3.05) is 5.73 Å². The molecule has 0 saturated heterocycles. The minimum absolute atomic E-state index is 0.0397. The molecular weight excluding hydrogens is 288 g/mol. The number of nitrogens with two attached hydrogens (primary N) is 1. The van der Waals surface area contributed by atoms with Gasteiger partial charge in [-0.05, 0) is 41.6 Å². The van der Waals surface area contributed by atoms with Crippen molar-refractivity contribution in [1.82, 2.24) is 0 Å². The Morgan fingerprint density at radius 2 is 2.17 bits per heavy atom. The van der Waals surface area contributed by atoms with Crippen LogP contribution in [0.5, 0.6) is 0 Å². The summed E-state index contributed by atoms with van der Waals surface area (Å²) in [6, 6.07) is 3.29. The lowest BCUT2D eigenvalue weighted by atomic mass is 10.1. The largest absolute Gasteiger partial charge is 0.398 e. The number of hydrogen-bond donors (Lipinski definition) is 1. The highest BCUT2D eigenvalue weighted by molar-refractivity contribution is 14.1. The van der Waals surface area contributed by atoms with Gasteiger partial charge in [0.05, 0.1) is 5.02 Å². The van der Waals surface area contributed by atoms with E-state index in [0.29, 0.717) is 16.3 Å². The molecule has 2 N–H and O–H groups in total. The van der Waals surface area contributed by atoms with Crippen LogP contribution in [0.2, 0.25) is 5.02 Å². The van der Waals surface area contributed by atoms with Gasteiger partial charge in [-0.3, -0.25) is 4.79 Å². The molecule has 0 atom stereocenters. The van der Waals surface area contributed by atoms with E-state index in [-0.39, 0.29) is 5.78 Å². The second kappa shape index (κ2) is 3.62. The Hall–Kier alpha value is -0.290. The summed E-state index contributed by atoms with van der Waals surface area (Å²) in [5.41, 5.74) is 6.55. The maximum absolute atomic E-state index is 11.0. The van der Waals surface area contributed by atoms with Crippen LogP contribution in [0.1, 0.15) is 17.3 Å². The van der Waals surface area contributed by atoms with Crippen LogP contribution < -0.4 is 5.73 Å². The van der Waals surface area contributed by atoms with Gasteiger partial charge >= 0.3 is 0 Å². The van der Waals surface area contributed by atoms with E-state index < -0.39 is 0 Å². The fourth-order valence-corrected chi connectivity index (χ4v) is 1.51. The van der Waals surface area contributed by atoms with Gasteiger partial charge in [0.1, 0.15) is 0 Å². The lowest BCUT2D eigenvalue weighted by Crippen LogP contribution is -2.00. The average molecular weight is 296 g/mol. The molecule has 0 unspecified atom stereocenters. The molecule has 12 heavy (non-hydrogen) atoms. The van der Waals surface area contributed by atoms with Crippen LogP contribution in [0.4, 0.5) is 5.69 Å². The molecule has 1 aromatic carbocycles. The lowest BCUT2D eigenvalue weighted by molar-refractivity contribution is 0.101. The van der Waals surface area contributed by atoms with Crippen molar-refractivity contribution >= 4 is 45.7 Å². The smallest absolute Gasteiger partial charge is 0.161 e. The average Bonchev–Trinajstić information content (AvgIpc) is 1.96. The van der Waals surface area contributed by atoms with Gasteiger partial charge in [-0.15, -0.1) is 0 Å². The summed E-state index contributed by atoms with van der Waals surface area (Å²) < 4.78 is 0.841. The van der Waals surface area contributed by atoms with Gasteiger partial charge in [-0.1, -0.05) is 11.6 Å². The van der Waals surface area contributed by atoms with E-state index in [2.05, 4.69) is 22.6 Å². The first-order valence-electron chi connectivity index (χ1n) is 3.28. The number of benzene rings is 1. The number of ketones is 1. The fraction of sp³-hybridized carbons (Fsp3) is 0.125. The molecule has 0 aliphatic carbocycles. The monoisotopic (exact) mass is 295 g/mol. The van der Waals surface area contributed by atoms with Crippen molar-refractivity contribution in [3.8, 4) is 0 Å². The predicted molar refractivity (Wildman–Crippen MR) is 58.6 cm³/mol. The Morgan fingerprint density at radius 3 is 2.67 bits per heavy atom. The normalized spacial score (nSPS) is 9.92. The maximum atomic E-state index is 11.0. The van der Waals surface area contributed by atoms with Crippen molar-refractivity contribution < 1.29 is 4.79 Å². The Balaban J connectivity index is 3.33. The molecule has 2 nitrogen and oxygen atoms in total. The van der Waals surface area contributed by atoms with Crippen molar-refractivity contribution in [2.24, 2.45) is 0 Å². The number of nitrogen functional groups attached to an aromatic ring is 1. The number of rotatable bonds is 1. The second-order valence-corrected chi connectivity index (χ2v) is 3.98. The highest BCUT2D eigenvalue weighted by atomic mass is 127. The van der Waals surface area contributed by atoms with E-state index in [1.165, 1.54) is 6.92 Å². The highest BCUT2D eigenvalue weighted by Gasteiger charge is 2.07. The Morgan fingerprint density at radius 1 is 1.58 bits per heavy atom. The summed E-state index contributed by atoms with van der Waals surface area (Å²) in [7, 11) is 0. The number of hydrogen-bond acceptors (Lipinski definition) is 2. The number of anilines is 1. The van der Waals surface area contributed by atoms with Crippen LogP contribution in [0, 0.1) is 3.57 Å². The molecule has 0 aliphatic rings.